The predicted octanol–water partition coefficient (Wildman–Crippen LogP) is 2.90. The molecule has 164 valence electrons. The van der Waals surface area contributed by atoms with E-state index in [1.165, 1.54) is 6.92 Å². The molecule has 0 saturated carbocycles. The second-order valence-electron chi connectivity index (χ2n) is 8.00. The van der Waals surface area contributed by atoms with E-state index in [1.54, 1.807) is 36.5 Å². The lowest BCUT2D eigenvalue weighted by Gasteiger charge is -2.27. The Bertz CT molecular complexity index is 888. The van der Waals surface area contributed by atoms with Crippen LogP contribution in [0.15, 0.2) is 24.4 Å². The number of alkyl carbamates (subject to hydrolysis) is 1. The predicted molar refractivity (Wildman–Crippen MR) is 114 cm³/mol. The first-order valence-electron chi connectivity index (χ1n) is 9.98. The fourth-order valence-electron chi connectivity index (χ4n) is 3.07. The van der Waals surface area contributed by atoms with E-state index >= 15 is 0 Å². The first-order chi connectivity index (χ1) is 14.1. The van der Waals surface area contributed by atoms with Crippen molar-refractivity contribution in [2.75, 3.05) is 18.1 Å². The molecular formula is C21H31N5O4. The Kier molecular flexibility index (Phi) is 7.55. The summed E-state index contributed by atoms with van der Waals surface area (Å²) in [6.45, 7) is 11.4. The highest BCUT2D eigenvalue weighted by atomic mass is 16.6. The molecule has 0 aliphatic rings. The van der Waals surface area contributed by atoms with Gasteiger partial charge in [-0.25, -0.2) is 9.48 Å². The van der Waals surface area contributed by atoms with E-state index < -0.39 is 17.7 Å². The zero-order valence-electron chi connectivity index (χ0n) is 18.5. The number of anilines is 1. The van der Waals surface area contributed by atoms with Gasteiger partial charge in [-0.3, -0.25) is 4.79 Å². The number of hydrogen-bond acceptors (Lipinski definition) is 6. The molecule has 0 aliphatic heterocycles. The lowest BCUT2D eigenvalue weighted by Crippen LogP contribution is -2.35. The van der Waals surface area contributed by atoms with E-state index in [0.717, 1.165) is 11.1 Å². The SMILES string of the molecule is CCN(C(C)=O)c1ccc(-c2cn(CCO)nn2)cc1C(C)NC(=O)OC(C)(C)C. The van der Waals surface area contributed by atoms with Gasteiger partial charge in [-0.15, -0.1) is 5.10 Å². The first kappa shape index (κ1) is 23.3. The Hall–Kier alpha value is -2.94. The number of carbonyl (C=O) groups excluding carboxylic acids is 2. The van der Waals surface area contributed by atoms with E-state index in [2.05, 4.69) is 15.6 Å². The Morgan fingerprint density at radius 2 is 2.03 bits per heavy atom. The van der Waals surface area contributed by atoms with Gasteiger partial charge in [0.25, 0.3) is 0 Å². The van der Waals surface area contributed by atoms with Gasteiger partial charge in [0.05, 0.1) is 25.4 Å². The fraction of sp³-hybridized carbons (Fsp3) is 0.524. The number of aliphatic hydroxyl groups is 1. The highest BCUT2D eigenvalue weighted by Gasteiger charge is 2.23. The molecular weight excluding hydrogens is 386 g/mol. The van der Waals surface area contributed by atoms with Gasteiger partial charge in [0.2, 0.25) is 5.91 Å². The van der Waals surface area contributed by atoms with Gasteiger partial charge in [-0.1, -0.05) is 11.3 Å². The molecule has 1 aromatic carbocycles. The smallest absolute Gasteiger partial charge is 0.408 e. The molecule has 0 spiro atoms. The lowest BCUT2D eigenvalue weighted by atomic mass is 10.00. The van der Waals surface area contributed by atoms with Crippen LogP contribution in [0.25, 0.3) is 11.3 Å². The molecule has 1 aromatic heterocycles. The minimum Gasteiger partial charge on any atom is -0.444 e. The van der Waals surface area contributed by atoms with Crippen molar-refractivity contribution in [2.45, 2.75) is 59.7 Å². The second kappa shape index (κ2) is 9.71. The maximum absolute atomic E-state index is 12.3. The van der Waals surface area contributed by atoms with E-state index in [0.29, 0.717) is 24.5 Å². The van der Waals surface area contributed by atoms with Crippen LogP contribution in [0.2, 0.25) is 0 Å². The standard InChI is InChI=1S/C21H31N5O4/c1-7-26(15(3)28)19-9-8-16(18-13-25(10-11-27)24-23-18)12-17(19)14(2)22-20(29)30-21(4,5)6/h8-9,12-14,27H,7,10-11H2,1-6H3,(H,22,29). The van der Waals surface area contributed by atoms with Crippen LogP contribution in [0.4, 0.5) is 10.5 Å². The summed E-state index contributed by atoms with van der Waals surface area (Å²) in [5, 5.41) is 20.1. The summed E-state index contributed by atoms with van der Waals surface area (Å²) in [5.74, 6) is -0.0927. The van der Waals surface area contributed by atoms with Gasteiger partial charge in [0.15, 0.2) is 0 Å². The van der Waals surface area contributed by atoms with Crippen LogP contribution in [0.5, 0.6) is 0 Å². The van der Waals surface area contributed by atoms with Crippen molar-refractivity contribution in [3.63, 3.8) is 0 Å². The van der Waals surface area contributed by atoms with Crippen LogP contribution in [-0.2, 0) is 16.1 Å². The molecule has 0 saturated heterocycles. The molecule has 2 aromatic rings. The number of rotatable bonds is 7. The Balaban J connectivity index is 2.43. The van der Waals surface area contributed by atoms with Gasteiger partial charge >= 0.3 is 6.09 Å². The van der Waals surface area contributed by atoms with E-state index in [9.17, 15) is 9.59 Å². The molecule has 30 heavy (non-hydrogen) atoms. The lowest BCUT2D eigenvalue weighted by molar-refractivity contribution is -0.116. The summed E-state index contributed by atoms with van der Waals surface area (Å²) >= 11 is 0. The fourth-order valence-corrected chi connectivity index (χ4v) is 3.07. The number of amides is 2. The summed E-state index contributed by atoms with van der Waals surface area (Å²) in [6.07, 6.45) is 1.20. The van der Waals surface area contributed by atoms with Crippen molar-refractivity contribution in [2.24, 2.45) is 0 Å². The monoisotopic (exact) mass is 417 g/mol. The van der Waals surface area contributed by atoms with Gasteiger partial charge in [0, 0.05) is 24.7 Å². The number of benzene rings is 1. The second-order valence-corrected chi connectivity index (χ2v) is 8.00. The largest absolute Gasteiger partial charge is 0.444 e. The number of carbonyl (C=O) groups is 2. The summed E-state index contributed by atoms with van der Waals surface area (Å²) < 4.78 is 6.92. The van der Waals surface area contributed by atoms with Crippen molar-refractivity contribution in [3.05, 3.63) is 30.0 Å². The minimum atomic E-state index is -0.617. The summed E-state index contributed by atoms with van der Waals surface area (Å²) in [6, 6.07) is 5.16. The highest BCUT2D eigenvalue weighted by Crippen LogP contribution is 2.31. The molecule has 1 unspecified atom stereocenters. The van der Waals surface area contributed by atoms with Crippen LogP contribution in [0.1, 0.15) is 53.1 Å². The molecule has 0 bridgehead atoms. The van der Waals surface area contributed by atoms with Gasteiger partial charge in [-0.2, -0.15) is 0 Å². The third-order valence-corrected chi connectivity index (χ3v) is 4.38. The molecule has 0 radical (unpaired) electrons. The maximum Gasteiger partial charge on any atom is 0.408 e. The molecule has 1 atom stereocenters. The topological polar surface area (TPSA) is 110 Å². The molecule has 2 N–H and O–H groups in total. The van der Waals surface area contributed by atoms with Gasteiger partial charge in [0.1, 0.15) is 11.3 Å². The quantitative estimate of drug-likeness (QED) is 0.717. The van der Waals surface area contributed by atoms with E-state index in [4.69, 9.17) is 9.84 Å². The molecule has 0 fully saturated rings. The summed E-state index contributed by atoms with van der Waals surface area (Å²) in [7, 11) is 0. The molecule has 0 aliphatic carbocycles. The van der Waals surface area contributed by atoms with Crippen molar-refractivity contribution < 1.29 is 19.4 Å². The Morgan fingerprint density at radius 1 is 1.33 bits per heavy atom. The third kappa shape index (κ3) is 6.03. The number of hydrogen-bond donors (Lipinski definition) is 2. The normalized spacial score (nSPS) is 12.4. The summed E-state index contributed by atoms with van der Waals surface area (Å²) in [4.78, 5) is 26.1. The number of nitrogens with one attached hydrogen (secondary N) is 1. The van der Waals surface area contributed by atoms with Crippen molar-refractivity contribution in [1.82, 2.24) is 20.3 Å². The molecule has 9 nitrogen and oxygen atoms in total. The maximum atomic E-state index is 12.3. The number of aliphatic hydroxyl groups excluding tert-OH is 1. The Morgan fingerprint density at radius 3 is 2.60 bits per heavy atom. The van der Waals surface area contributed by atoms with Gasteiger partial charge in [-0.05, 0) is 52.3 Å². The van der Waals surface area contributed by atoms with Crippen molar-refractivity contribution >= 4 is 17.7 Å². The number of ether oxygens (including phenoxy) is 1. The zero-order valence-corrected chi connectivity index (χ0v) is 18.5. The number of nitrogens with zero attached hydrogens (tertiary/aromatic N) is 4. The van der Waals surface area contributed by atoms with Crippen LogP contribution < -0.4 is 10.2 Å². The van der Waals surface area contributed by atoms with Crippen LogP contribution in [0.3, 0.4) is 0 Å². The van der Waals surface area contributed by atoms with Crippen molar-refractivity contribution in [3.8, 4) is 11.3 Å². The highest BCUT2D eigenvalue weighted by molar-refractivity contribution is 5.93. The molecule has 9 heteroatoms. The molecule has 1 heterocycles. The van der Waals surface area contributed by atoms with Crippen LogP contribution >= 0.6 is 0 Å². The average Bonchev–Trinajstić information content (AvgIpc) is 3.09. The minimum absolute atomic E-state index is 0.0338. The third-order valence-electron chi connectivity index (χ3n) is 4.38. The zero-order chi connectivity index (χ0) is 22.5. The number of aromatic nitrogens is 3. The van der Waals surface area contributed by atoms with Crippen molar-refractivity contribution in [1.29, 1.82) is 0 Å². The van der Waals surface area contributed by atoms with E-state index in [-0.39, 0.29) is 12.5 Å². The summed E-state index contributed by atoms with van der Waals surface area (Å²) in [5.41, 5.74) is 2.27. The first-order valence-corrected chi connectivity index (χ1v) is 9.98. The van der Waals surface area contributed by atoms with E-state index in [1.807, 2.05) is 32.0 Å². The Labute approximate surface area is 177 Å². The van der Waals surface area contributed by atoms with Crippen LogP contribution in [-0.4, -0.2) is 50.9 Å². The van der Waals surface area contributed by atoms with Crippen LogP contribution in [0, 0.1) is 0 Å². The van der Waals surface area contributed by atoms with Gasteiger partial charge < -0.3 is 20.1 Å². The molecule has 2 rings (SSSR count). The average molecular weight is 418 g/mol. The molecule has 2 amide bonds.